The zero-order valence-corrected chi connectivity index (χ0v) is 8.06. The molecule has 0 unspecified atom stereocenters. The van der Waals surface area contributed by atoms with Crippen LogP contribution in [0.3, 0.4) is 0 Å². The van der Waals surface area contributed by atoms with Gasteiger partial charge in [-0.05, 0) is 18.2 Å². The summed E-state index contributed by atoms with van der Waals surface area (Å²) in [5.41, 5.74) is 1.37. The minimum atomic E-state index is -0.266. The summed E-state index contributed by atoms with van der Waals surface area (Å²) >= 11 is 0. The number of nitrogens with one attached hydrogen (secondary N) is 1. The molecule has 0 spiro atoms. The molecular formula is C11H10N2O2. The number of hydrogen-bond donors (Lipinski definition) is 1. The second-order valence-corrected chi connectivity index (χ2v) is 3.19. The standard InChI is InChI=1S/C11H10N2O2/c1-2-11(15)13-7-10(14)12-8-5-3-4-6-9(8)13/h2-6H,1,7H2,(H,12,14). The third-order valence-corrected chi connectivity index (χ3v) is 2.21. The maximum Gasteiger partial charge on any atom is 0.250 e. The van der Waals surface area contributed by atoms with Gasteiger partial charge >= 0.3 is 0 Å². The van der Waals surface area contributed by atoms with E-state index in [4.69, 9.17) is 0 Å². The van der Waals surface area contributed by atoms with E-state index in [2.05, 4.69) is 11.9 Å². The van der Waals surface area contributed by atoms with Crippen LogP contribution in [0.25, 0.3) is 0 Å². The number of amides is 2. The van der Waals surface area contributed by atoms with Crippen LogP contribution in [0.1, 0.15) is 0 Å². The first-order valence-corrected chi connectivity index (χ1v) is 4.55. The SMILES string of the molecule is C=CC(=O)N1CC(=O)Nc2ccccc21. The Bertz CT molecular complexity index is 440. The van der Waals surface area contributed by atoms with Crippen LogP contribution in [-0.4, -0.2) is 18.4 Å². The van der Waals surface area contributed by atoms with Crippen molar-refractivity contribution in [2.75, 3.05) is 16.8 Å². The first-order chi connectivity index (χ1) is 7.22. The van der Waals surface area contributed by atoms with Crippen LogP contribution in [0.4, 0.5) is 11.4 Å². The highest BCUT2D eigenvalue weighted by molar-refractivity contribution is 6.12. The lowest BCUT2D eigenvalue weighted by Gasteiger charge is -2.28. The van der Waals surface area contributed by atoms with E-state index in [9.17, 15) is 9.59 Å². The van der Waals surface area contributed by atoms with E-state index in [0.717, 1.165) is 0 Å². The summed E-state index contributed by atoms with van der Waals surface area (Å²) in [5, 5.41) is 2.70. The summed E-state index contributed by atoms with van der Waals surface area (Å²) in [7, 11) is 0. The molecule has 0 atom stereocenters. The Morgan fingerprint density at radius 1 is 1.47 bits per heavy atom. The first-order valence-electron chi connectivity index (χ1n) is 4.55. The number of benzene rings is 1. The Kier molecular flexibility index (Phi) is 2.25. The van der Waals surface area contributed by atoms with Gasteiger partial charge in [-0.25, -0.2) is 0 Å². The number of hydrogen-bond acceptors (Lipinski definition) is 2. The summed E-state index contributed by atoms with van der Waals surface area (Å²) in [4.78, 5) is 24.2. The normalized spacial score (nSPS) is 14.1. The molecule has 1 heterocycles. The summed E-state index contributed by atoms with van der Waals surface area (Å²) in [6.45, 7) is 3.45. The number of anilines is 2. The van der Waals surface area contributed by atoms with Gasteiger partial charge in [0.05, 0.1) is 11.4 Å². The number of nitrogens with zero attached hydrogens (tertiary/aromatic N) is 1. The van der Waals surface area contributed by atoms with Gasteiger partial charge < -0.3 is 5.32 Å². The molecule has 0 saturated carbocycles. The van der Waals surface area contributed by atoms with E-state index < -0.39 is 0 Å². The third-order valence-electron chi connectivity index (χ3n) is 2.21. The van der Waals surface area contributed by atoms with Crippen LogP contribution < -0.4 is 10.2 Å². The van der Waals surface area contributed by atoms with E-state index in [1.807, 2.05) is 6.07 Å². The first kappa shape index (κ1) is 9.45. The molecule has 1 N–H and O–H groups in total. The number of rotatable bonds is 1. The van der Waals surface area contributed by atoms with Gasteiger partial charge in [0.15, 0.2) is 0 Å². The number of carbonyl (C=O) groups excluding carboxylic acids is 2. The van der Waals surface area contributed by atoms with Crippen molar-refractivity contribution in [3.63, 3.8) is 0 Å². The molecule has 4 nitrogen and oxygen atoms in total. The average Bonchev–Trinajstić information content (AvgIpc) is 2.26. The van der Waals surface area contributed by atoms with E-state index in [-0.39, 0.29) is 18.4 Å². The molecule has 76 valence electrons. The van der Waals surface area contributed by atoms with Gasteiger partial charge in [-0.2, -0.15) is 0 Å². The minimum absolute atomic E-state index is 0.0435. The zero-order valence-electron chi connectivity index (χ0n) is 8.06. The van der Waals surface area contributed by atoms with Crippen LogP contribution in [-0.2, 0) is 9.59 Å². The van der Waals surface area contributed by atoms with Gasteiger partial charge in [-0.15, -0.1) is 0 Å². The van der Waals surface area contributed by atoms with Gasteiger partial charge in [0, 0.05) is 0 Å². The van der Waals surface area contributed by atoms with Crippen LogP contribution >= 0.6 is 0 Å². The largest absolute Gasteiger partial charge is 0.323 e. The fourth-order valence-corrected chi connectivity index (χ4v) is 1.54. The number of para-hydroxylation sites is 2. The van der Waals surface area contributed by atoms with Crippen LogP contribution in [0.2, 0.25) is 0 Å². The van der Waals surface area contributed by atoms with Gasteiger partial charge in [0.2, 0.25) is 5.91 Å². The van der Waals surface area contributed by atoms with Crippen molar-refractivity contribution in [1.29, 1.82) is 0 Å². The van der Waals surface area contributed by atoms with Gasteiger partial charge in [0.1, 0.15) is 6.54 Å². The predicted molar refractivity (Wildman–Crippen MR) is 57.6 cm³/mol. The van der Waals surface area contributed by atoms with Gasteiger partial charge in [-0.1, -0.05) is 18.7 Å². The van der Waals surface area contributed by atoms with Crippen molar-refractivity contribution in [2.24, 2.45) is 0 Å². The molecule has 15 heavy (non-hydrogen) atoms. The van der Waals surface area contributed by atoms with Gasteiger partial charge in [0.25, 0.3) is 5.91 Å². The number of fused-ring (bicyclic) bond motifs is 1. The molecule has 1 aromatic rings. The van der Waals surface area contributed by atoms with E-state index in [1.165, 1.54) is 11.0 Å². The Balaban J connectivity index is 2.46. The molecule has 2 rings (SSSR count). The van der Waals surface area contributed by atoms with Crippen LogP contribution in [0, 0.1) is 0 Å². The molecule has 0 aliphatic carbocycles. The maximum atomic E-state index is 11.5. The molecule has 0 saturated heterocycles. The summed E-state index contributed by atoms with van der Waals surface area (Å²) < 4.78 is 0. The Labute approximate surface area is 87.2 Å². The Morgan fingerprint density at radius 3 is 2.93 bits per heavy atom. The zero-order chi connectivity index (χ0) is 10.8. The molecule has 4 heteroatoms. The molecule has 2 amide bonds. The van der Waals surface area contributed by atoms with Crippen molar-refractivity contribution in [2.45, 2.75) is 0 Å². The lowest BCUT2D eigenvalue weighted by molar-refractivity contribution is -0.119. The molecule has 0 aromatic heterocycles. The van der Waals surface area contributed by atoms with Crippen LogP contribution in [0.15, 0.2) is 36.9 Å². The Morgan fingerprint density at radius 2 is 2.20 bits per heavy atom. The van der Waals surface area contributed by atoms with Crippen LogP contribution in [0.5, 0.6) is 0 Å². The van der Waals surface area contributed by atoms with Crippen molar-refractivity contribution in [3.8, 4) is 0 Å². The quantitative estimate of drug-likeness (QED) is 0.694. The number of carbonyl (C=O) groups is 2. The lowest BCUT2D eigenvalue weighted by atomic mass is 10.2. The lowest BCUT2D eigenvalue weighted by Crippen LogP contribution is -2.41. The highest BCUT2D eigenvalue weighted by Gasteiger charge is 2.24. The van der Waals surface area contributed by atoms with Crippen molar-refractivity contribution >= 4 is 23.2 Å². The van der Waals surface area contributed by atoms with Crippen molar-refractivity contribution in [3.05, 3.63) is 36.9 Å². The third kappa shape index (κ3) is 1.61. The minimum Gasteiger partial charge on any atom is -0.323 e. The molecular weight excluding hydrogens is 192 g/mol. The highest BCUT2D eigenvalue weighted by Crippen LogP contribution is 2.28. The summed E-state index contributed by atoms with van der Waals surface area (Å²) in [5.74, 6) is -0.457. The molecule has 1 aliphatic heterocycles. The maximum absolute atomic E-state index is 11.5. The molecule has 0 bridgehead atoms. The fraction of sp³-hybridized carbons (Fsp3) is 0.0909. The summed E-state index contributed by atoms with van der Waals surface area (Å²) in [6, 6.07) is 7.17. The van der Waals surface area contributed by atoms with Gasteiger partial charge in [-0.3, -0.25) is 14.5 Å². The predicted octanol–water partition coefficient (Wildman–Crippen LogP) is 1.16. The smallest absolute Gasteiger partial charge is 0.250 e. The molecule has 0 fully saturated rings. The average molecular weight is 202 g/mol. The molecule has 0 radical (unpaired) electrons. The molecule has 1 aliphatic rings. The van der Waals surface area contributed by atoms with E-state index >= 15 is 0 Å². The Hall–Kier alpha value is -2.10. The molecule has 1 aromatic carbocycles. The topological polar surface area (TPSA) is 49.4 Å². The second-order valence-electron chi connectivity index (χ2n) is 3.19. The van der Waals surface area contributed by atoms with Crippen molar-refractivity contribution in [1.82, 2.24) is 0 Å². The van der Waals surface area contributed by atoms with E-state index in [0.29, 0.717) is 11.4 Å². The fourth-order valence-electron chi connectivity index (χ4n) is 1.54. The van der Waals surface area contributed by atoms with Crippen molar-refractivity contribution < 1.29 is 9.59 Å². The monoisotopic (exact) mass is 202 g/mol. The summed E-state index contributed by atoms with van der Waals surface area (Å²) in [6.07, 6.45) is 1.20. The second kappa shape index (κ2) is 3.57. The van der Waals surface area contributed by atoms with E-state index in [1.54, 1.807) is 18.2 Å². The highest BCUT2D eigenvalue weighted by atomic mass is 16.2.